The minimum atomic E-state index is 0.358. The average molecular weight is 348 g/mol. The van der Waals surface area contributed by atoms with E-state index in [0.29, 0.717) is 18.5 Å². The maximum absolute atomic E-state index is 12.7. The molecule has 3 aliphatic rings. The van der Waals surface area contributed by atoms with E-state index in [2.05, 4.69) is 31.5 Å². The first-order valence-electron chi connectivity index (χ1n) is 9.55. The van der Waals surface area contributed by atoms with Crippen molar-refractivity contribution in [3.63, 3.8) is 0 Å². The number of rotatable bonds is 5. The summed E-state index contributed by atoms with van der Waals surface area (Å²) >= 11 is 1.76. The molecular weight excluding hydrogens is 318 g/mol. The molecule has 1 amide bonds. The zero-order chi connectivity index (χ0) is 16.4. The van der Waals surface area contributed by atoms with Gasteiger partial charge in [-0.3, -0.25) is 14.6 Å². The largest absolute Gasteiger partial charge is 0.339 e. The lowest BCUT2D eigenvalue weighted by atomic mass is 9.79. The van der Waals surface area contributed by atoms with Crippen LogP contribution in [0.5, 0.6) is 0 Å². The van der Waals surface area contributed by atoms with Crippen molar-refractivity contribution in [2.75, 3.05) is 39.3 Å². The molecule has 0 aromatic carbocycles. The molecule has 0 N–H and O–H groups in total. The van der Waals surface area contributed by atoms with Gasteiger partial charge in [0.25, 0.3) is 0 Å². The Balaban J connectivity index is 1.24. The van der Waals surface area contributed by atoms with E-state index in [1.807, 2.05) is 0 Å². The van der Waals surface area contributed by atoms with Gasteiger partial charge in [-0.25, -0.2) is 0 Å². The van der Waals surface area contributed by atoms with Crippen LogP contribution < -0.4 is 0 Å². The molecule has 0 radical (unpaired) electrons. The minimum Gasteiger partial charge on any atom is -0.339 e. The van der Waals surface area contributed by atoms with Gasteiger partial charge in [0.05, 0.1) is 6.54 Å². The number of likely N-dealkylation sites (tertiary alicyclic amines) is 1. The lowest BCUT2D eigenvalue weighted by molar-refractivity contribution is -0.134. The SMILES string of the molecule is O=C(CN1CCCC1C1CCC1)N1CCN(Cc2ccsc2)CC1. The third-order valence-corrected chi connectivity index (χ3v) is 6.89. The molecule has 2 aliphatic heterocycles. The van der Waals surface area contributed by atoms with E-state index in [1.54, 1.807) is 11.3 Å². The Kier molecular flexibility index (Phi) is 5.20. The summed E-state index contributed by atoms with van der Waals surface area (Å²) in [7, 11) is 0. The van der Waals surface area contributed by atoms with Crippen molar-refractivity contribution in [3.05, 3.63) is 22.4 Å². The van der Waals surface area contributed by atoms with Crippen LogP contribution in [0, 0.1) is 5.92 Å². The van der Waals surface area contributed by atoms with Crippen LogP contribution in [0.3, 0.4) is 0 Å². The maximum Gasteiger partial charge on any atom is 0.236 e. The quantitative estimate of drug-likeness (QED) is 0.819. The highest BCUT2D eigenvalue weighted by atomic mass is 32.1. The van der Waals surface area contributed by atoms with E-state index in [0.717, 1.165) is 45.2 Å². The molecule has 1 saturated carbocycles. The van der Waals surface area contributed by atoms with Crippen molar-refractivity contribution in [1.82, 2.24) is 14.7 Å². The number of thiophene rings is 1. The molecule has 2 saturated heterocycles. The van der Waals surface area contributed by atoms with Crippen molar-refractivity contribution < 1.29 is 4.79 Å². The van der Waals surface area contributed by atoms with Crippen LogP contribution in [-0.4, -0.2) is 65.9 Å². The van der Waals surface area contributed by atoms with Crippen LogP contribution >= 0.6 is 11.3 Å². The van der Waals surface area contributed by atoms with Crippen LogP contribution in [0.2, 0.25) is 0 Å². The Labute approximate surface area is 149 Å². The normalized spacial score (nSPS) is 26.7. The molecular formula is C19H29N3OS. The van der Waals surface area contributed by atoms with Crippen molar-refractivity contribution in [2.45, 2.75) is 44.7 Å². The number of amides is 1. The second-order valence-corrected chi connectivity index (χ2v) is 8.44. The highest BCUT2D eigenvalue weighted by molar-refractivity contribution is 7.07. The van der Waals surface area contributed by atoms with Gasteiger partial charge >= 0.3 is 0 Å². The second-order valence-electron chi connectivity index (χ2n) is 7.66. The number of carbonyl (C=O) groups is 1. The van der Waals surface area contributed by atoms with Crippen molar-refractivity contribution in [3.8, 4) is 0 Å². The van der Waals surface area contributed by atoms with Gasteiger partial charge < -0.3 is 4.90 Å². The van der Waals surface area contributed by atoms with E-state index in [1.165, 1.54) is 37.7 Å². The molecule has 1 unspecified atom stereocenters. The summed E-state index contributed by atoms with van der Waals surface area (Å²) in [5.41, 5.74) is 1.40. The molecule has 1 aliphatic carbocycles. The third-order valence-electron chi connectivity index (χ3n) is 6.16. The van der Waals surface area contributed by atoms with E-state index in [-0.39, 0.29) is 0 Å². The molecule has 0 spiro atoms. The van der Waals surface area contributed by atoms with Crippen molar-refractivity contribution in [1.29, 1.82) is 0 Å². The molecule has 4 rings (SSSR count). The van der Waals surface area contributed by atoms with E-state index in [4.69, 9.17) is 0 Å². The van der Waals surface area contributed by atoms with Crippen molar-refractivity contribution >= 4 is 17.2 Å². The van der Waals surface area contributed by atoms with E-state index >= 15 is 0 Å². The molecule has 1 aromatic rings. The van der Waals surface area contributed by atoms with Crippen molar-refractivity contribution in [2.24, 2.45) is 5.92 Å². The van der Waals surface area contributed by atoms with Gasteiger partial charge in [-0.1, -0.05) is 6.42 Å². The summed E-state index contributed by atoms with van der Waals surface area (Å²) in [6.45, 7) is 6.62. The first-order chi connectivity index (χ1) is 11.8. The highest BCUT2D eigenvalue weighted by Gasteiger charge is 2.36. The van der Waals surface area contributed by atoms with Gasteiger partial charge in [0.2, 0.25) is 5.91 Å². The van der Waals surface area contributed by atoms with Gasteiger partial charge in [0.1, 0.15) is 0 Å². The summed E-state index contributed by atoms with van der Waals surface area (Å²) in [5, 5.41) is 4.37. The summed E-state index contributed by atoms with van der Waals surface area (Å²) in [6.07, 6.45) is 6.76. The number of carbonyl (C=O) groups excluding carboxylic acids is 1. The topological polar surface area (TPSA) is 26.8 Å². The molecule has 4 nitrogen and oxygen atoms in total. The zero-order valence-electron chi connectivity index (χ0n) is 14.5. The van der Waals surface area contributed by atoms with Crippen LogP contribution in [0.25, 0.3) is 0 Å². The highest BCUT2D eigenvalue weighted by Crippen LogP contribution is 2.37. The fraction of sp³-hybridized carbons (Fsp3) is 0.737. The van der Waals surface area contributed by atoms with Gasteiger partial charge in [-0.2, -0.15) is 11.3 Å². The lowest BCUT2D eigenvalue weighted by Gasteiger charge is -2.39. The third kappa shape index (κ3) is 3.68. The summed E-state index contributed by atoms with van der Waals surface area (Å²) < 4.78 is 0. The molecule has 3 heterocycles. The van der Waals surface area contributed by atoms with Crippen LogP contribution in [0.15, 0.2) is 16.8 Å². The number of hydrogen-bond acceptors (Lipinski definition) is 4. The molecule has 0 bridgehead atoms. The number of nitrogens with zero attached hydrogens (tertiary/aromatic N) is 3. The summed E-state index contributed by atoms with van der Waals surface area (Å²) in [5.74, 6) is 1.24. The van der Waals surface area contributed by atoms with Gasteiger partial charge in [-0.05, 0) is 60.5 Å². The Morgan fingerprint density at radius 1 is 1.08 bits per heavy atom. The molecule has 3 fully saturated rings. The fourth-order valence-corrected chi connectivity index (χ4v) is 5.14. The van der Waals surface area contributed by atoms with E-state index < -0.39 is 0 Å². The Morgan fingerprint density at radius 2 is 1.92 bits per heavy atom. The molecule has 1 aromatic heterocycles. The molecule has 1 atom stereocenters. The smallest absolute Gasteiger partial charge is 0.236 e. The monoisotopic (exact) mass is 347 g/mol. The van der Waals surface area contributed by atoms with Crippen LogP contribution in [-0.2, 0) is 11.3 Å². The lowest BCUT2D eigenvalue weighted by Crippen LogP contribution is -2.52. The summed E-state index contributed by atoms with van der Waals surface area (Å²) in [4.78, 5) is 19.8. The Hall–Kier alpha value is -0.910. The Morgan fingerprint density at radius 3 is 2.58 bits per heavy atom. The molecule has 132 valence electrons. The van der Waals surface area contributed by atoms with Gasteiger partial charge in [-0.15, -0.1) is 0 Å². The number of piperazine rings is 1. The predicted molar refractivity (Wildman–Crippen MR) is 98.1 cm³/mol. The minimum absolute atomic E-state index is 0.358. The first-order valence-corrected chi connectivity index (χ1v) is 10.5. The predicted octanol–water partition coefficient (Wildman–Crippen LogP) is 2.66. The summed E-state index contributed by atoms with van der Waals surface area (Å²) in [6, 6.07) is 2.90. The maximum atomic E-state index is 12.7. The van der Waals surface area contributed by atoms with Gasteiger partial charge in [0.15, 0.2) is 0 Å². The average Bonchev–Trinajstić information content (AvgIpc) is 3.19. The molecule has 24 heavy (non-hydrogen) atoms. The first kappa shape index (κ1) is 16.6. The second kappa shape index (κ2) is 7.54. The Bertz CT molecular complexity index is 535. The fourth-order valence-electron chi connectivity index (χ4n) is 4.48. The van der Waals surface area contributed by atoms with Crippen LogP contribution in [0.1, 0.15) is 37.7 Å². The number of hydrogen-bond donors (Lipinski definition) is 0. The van der Waals surface area contributed by atoms with E-state index in [9.17, 15) is 4.79 Å². The van der Waals surface area contributed by atoms with Gasteiger partial charge in [0, 0.05) is 38.8 Å². The zero-order valence-corrected chi connectivity index (χ0v) is 15.3. The standard InChI is InChI=1S/C19H29N3OS/c23-19(14-22-7-2-5-18(22)17-3-1-4-17)21-10-8-20(9-11-21)13-16-6-12-24-15-16/h6,12,15,17-18H,1-5,7-11,13-14H2. The van der Waals surface area contributed by atoms with Crippen LogP contribution in [0.4, 0.5) is 0 Å². The molecule has 5 heteroatoms.